The molecule has 0 rings (SSSR count). The summed E-state index contributed by atoms with van der Waals surface area (Å²) in [6.45, 7) is 5.08. The average molecular weight is 244 g/mol. The molecule has 0 amide bonds. The number of rotatable bonds is 12. The van der Waals surface area contributed by atoms with Crippen molar-refractivity contribution >= 4 is 0 Å². The molecule has 104 valence electrons. The number of hydrogen-bond acceptors (Lipinski definition) is 2. The van der Waals surface area contributed by atoms with E-state index in [9.17, 15) is 5.11 Å². The molecule has 0 unspecified atom stereocenters. The van der Waals surface area contributed by atoms with Crippen LogP contribution in [0.15, 0.2) is 0 Å². The quantitative estimate of drug-likeness (QED) is 0.511. The number of hydrogen-bond donors (Lipinski definition) is 2. The summed E-state index contributed by atoms with van der Waals surface area (Å²) in [6.07, 6.45) is 11.6. The molecule has 2 nitrogen and oxygen atoms in total. The minimum Gasteiger partial charge on any atom is -0.396 e. The van der Waals surface area contributed by atoms with Crippen LogP contribution >= 0.6 is 0 Å². The first-order valence-electron chi connectivity index (χ1n) is 7.46. The van der Waals surface area contributed by atoms with Crippen LogP contribution < -0.4 is 0 Å². The van der Waals surface area contributed by atoms with Gasteiger partial charge in [-0.3, -0.25) is 0 Å². The molecule has 0 aliphatic heterocycles. The minimum absolute atomic E-state index is 0.302. The summed E-state index contributed by atoms with van der Waals surface area (Å²) in [5, 5.41) is 18.2. The van der Waals surface area contributed by atoms with Gasteiger partial charge < -0.3 is 10.2 Å². The van der Waals surface area contributed by atoms with Gasteiger partial charge in [-0.05, 0) is 37.5 Å². The van der Waals surface area contributed by atoms with E-state index < -0.39 is 0 Å². The highest BCUT2D eigenvalue weighted by Crippen LogP contribution is 2.39. The molecule has 0 aliphatic carbocycles. The lowest BCUT2D eigenvalue weighted by atomic mass is 9.72. The normalized spacial score (nSPS) is 12.0. The summed E-state index contributed by atoms with van der Waals surface area (Å²) in [6, 6.07) is 0. The van der Waals surface area contributed by atoms with Gasteiger partial charge in [0, 0.05) is 13.2 Å². The van der Waals surface area contributed by atoms with E-state index in [2.05, 4.69) is 13.8 Å². The molecule has 0 saturated carbocycles. The van der Waals surface area contributed by atoms with E-state index in [0.717, 1.165) is 19.3 Å². The van der Waals surface area contributed by atoms with Gasteiger partial charge >= 0.3 is 0 Å². The Balaban J connectivity index is 4.32. The first-order valence-corrected chi connectivity index (χ1v) is 7.46. The molecule has 0 bridgehead atoms. The van der Waals surface area contributed by atoms with Crippen molar-refractivity contribution in [2.75, 3.05) is 13.2 Å². The van der Waals surface area contributed by atoms with Gasteiger partial charge in [0.2, 0.25) is 0 Å². The van der Waals surface area contributed by atoms with Gasteiger partial charge in [0.15, 0.2) is 0 Å². The Labute approximate surface area is 107 Å². The molecule has 0 saturated heterocycles. The lowest BCUT2D eigenvalue weighted by Crippen LogP contribution is -2.23. The van der Waals surface area contributed by atoms with Crippen molar-refractivity contribution in [2.24, 2.45) is 5.41 Å². The van der Waals surface area contributed by atoms with Gasteiger partial charge in [0.1, 0.15) is 0 Å². The second kappa shape index (κ2) is 11.0. The van der Waals surface area contributed by atoms with Crippen LogP contribution in [-0.4, -0.2) is 23.4 Å². The summed E-state index contributed by atoms with van der Waals surface area (Å²) < 4.78 is 0. The summed E-state index contributed by atoms with van der Waals surface area (Å²) in [7, 11) is 0. The van der Waals surface area contributed by atoms with Crippen LogP contribution in [0.25, 0.3) is 0 Å². The Bertz CT molecular complexity index is 149. The predicted molar refractivity (Wildman–Crippen MR) is 74.1 cm³/mol. The standard InChI is InChI=1S/C15H32O2/c1-3-5-9-15(12-14-17,10-6-4-2)11-7-8-13-16/h16-17H,3-14H2,1-2H3. The van der Waals surface area contributed by atoms with Crippen molar-refractivity contribution in [1.29, 1.82) is 0 Å². The van der Waals surface area contributed by atoms with Crippen molar-refractivity contribution in [3.63, 3.8) is 0 Å². The van der Waals surface area contributed by atoms with Crippen LogP contribution in [-0.2, 0) is 0 Å². The second-order valence-corrected chi connectivity index (χ2v) is 5.36. The third-order valence-corrected chi connectivity index (χ3v) is 3.88. The molecule has 0 spiro atoms. The molecule has 0 radical (unpaired) electrons. The van der Waals surface area contributed by atoms with Gasteiger partial charge in [0.25, 0.3) is 0 Å². The van der Waals surface area contributed by atoms with Gasteiger partial charge in [-0.15, -0.1) is 0 Å². The SMILES string of the molecule is CCCCC(CCO)(CCCC)CCCCO. The molecule has 0 fully saturated rings. The molecule has 2 heteroatoms. The maximum Gasteiger partial charge on any atom is 0.0436 e. The van der Waals surface area contributed by atoms with E-state index in [1.165, 1.54) is 44.9 Å². The first-order chi connectivity index (χ1) is 8.24. The zero-order valence-corrected chi connectivity index (χ0v) is 11.9. The zero-order valence-electron chi connectivity index (χ0n) is 11.9. The zero-order chi connectivity index (χ0) is 13.0. The van der Waals surface area contributed by atoms with Gasteiger partial charge in [-0.2, -0.15) is 0 Å². The molecule has 0 aliphatic rings. The van der Waals surface area contributed by atoms with E-state index in [4.69, 9.17) is 5.11 Å². The summed E-state index contributed by atoms with van der Waals surface area (Å²) >= 11 is 0. The maximum absolute atomic E-state index is 9.31. The molecule has 0 aromatic heterocycles. The topological polar surface area (TPSA) is 40.5 Å². The summed E-state index contributed by atoms with van der Waals surface area (Å²) in [5.41, 5.74) is 0.343. The fourth-order valence-corrected chi connectivity index (χ4v) is 2.70. The lowest BCUT2D eigenvalue weighted by molar-refractivity contribution is 0.131. The lowest BCUT2D eigenvalue weighted by Gasteiger charge is -2.34. The van der Waals surface area contributed by atoms with Gasteiger partial charge in [0.05, 0.1) is 0 Å². The predicted octanol–water partition coefficient (Wildman–Crippen LogP) is 3.90. The van der Waals surface area contributed by atoms with Crippen LogP contribution in [0.3, 0.4) is 0 Å². The molecular formula is C15H32O2. The van der Waals surface area contributed by atoms with E-state index in [-0.39, 0.29) is 0 Å². The Morgan fingerprint density at radius 1 is 0.647 bits per heavy atom. The fraction of sp³-hybridized carbons (Fsp3) is 1.00. The van der Waals surface area contributed by atoms with E-state index >= 15 is 0 Å². The van der Waals surface area contributed by atoms with Crippen LogP contribution in [0.2, 0.25) is 0 Å². The van der Waals surface area contributed by atoms with Gasteiger partial charge in [-0.1, -0.05) is 46.0 Å². The molecular weight excluding hydrogens is 212 g/mol. The van der Waals surface area contributed by atoms with E-state index in [0.29, 0.717) is 18.6 Å². The van der Waals surface area contributed by atoms with Crippen molar-refractivity contribution in [1.82, 2.24) is 0 Å². The van der Waals surface area contributed by atoms with Crippen LogP contribution in [0.4, 0.5) is 0 Å². The Morgan fingerprint density at radius 2 is 1.18 bits per heavy atom. The molecule has 0 heterocycles. The first kappa shape index (κ1) is 16.9. The smallest absolute Gasteiger partial charge is 0.0436 e. The van der Waals surface area contributed by atoms with Crippen LogP contribution in [0, 0.1) is 5.41 Å². The van der Waals surface area contributed by atoms with Crippen LogP contribution in [0.1, 0.15) is 78.1 Å². The van der Waals surface area contributed by atoms with Crippen molar-refractivity contribution in [2.45, 2.75) is 78.1 Å². The van der Waals surface area contributed by atoms with Crippen molar-refractivity contribution < 1.29 is 10.2 Å². The van der Waals surface area contributed by atoms with Crippen LogP contribution in [0.5, 0.6) is 0 Å². The number of unbranched alkanes of at least 4 members (excludes halogenated alkanes) is 3. The summed E-state index contributed by atoms with van der Waals surface area (Å²) in [4.78, 5) is 0. The monoisotopic (exact) mass is 244 g/mol. The molecule has 17 heavy (non-hydrogen) atoms. The molecule has 0 aromatic rings. The third-order valence-electron chi connectivity index (χ3n) is 3.88. The fourth-order valence-electron chi connectivity index (χ4n) is 2.70. The maximum atomic E-state index is 9.31. The van der Waals surface area contributed by atoms with Crippen molar-refractivity contribution in [3.8, 4) is 0 Å². The largest absolute Gasteiger partial charge is 0.396 e. The van der Waals surface area contributed by atoms with Crippen molar-refractivity contribution in [3.05, 3.63) is 0 Å². The Hall–Kier alpha value is -0.0800. The minimum atomic E-state index is 0.302. The highest BCUT2D eigenvalue weighted by Gasteiger charge is 2.27. The van der Waals surface area contributed by atoms with E-state index in [1.807, 2.05) is 0 Å². The molecule has 2 N–H and O–H groups in total. The highest BCUT2D eigenvalue weighted by atomic mass is 16.3. The Morgan fingerprint density at radius 3 is 1.59 bits per heavy atom. The van der Waals surface area contributed by atoms with Gasteiger partial charge in [-0.25, -0.2) is 0 Å². The number of aliphatic hydroxyl groups is 2. The highest BCUT2D eigenvalue weighted by molar-refractivity contribution is 4.79. The number of aliphatic hydroxyl groups excluding tert-OH is 2. The third kappa shape index (κ3) is 7.77. The Kier molecular flexibility index (Phi) is 11.0. The van der Waals surface area contributed by atoms with E-state index in [1.54, 1.807) is 0 Å². The molecule has 0 atom stereocenters. The second-order valence-electron chi connectivity index (χ2n) is 5.36. The molecule has 0 aromatic carbocycles. The average Bonchev–Trinajstić information content (AvgIpc) is 2.34. The summed E-state index contributed by atoms with van der Waals surface area (Å²) in [5.74, 6) is 0.